The van der Waals surface area contributed by atoms with Gasteiger partial charge in [-0.25, -0.2) is 4.79 Å². The second kappa shape index (κ2) is 5.48. The molecule has 100 valence electrons. The maximum absolute atomic E-state index is 11.7. The van der Waals surface area contributed by atoms with Crippen molar-refractivity contribution >= 4 is 28.9 Å². The molecule has 0 unspecified atom stereocenters. The smallest absolute Gasteiger partial charge is 0.340 e. The van der Waals surface area contributed by atoms with E-state index in [1.54, 1.807) is 12.1 Å². The normalized spacial score (nSPS) is 11.2. The molecule has 18 heavy (non-hydrogen) atoms. The molecule has 1 aromatic carbocycles. The maximum atomic E-state index is 11.7. The molecule has 0 aliphatic rings. The van der Waals surface area contributed by atoms with Gasteiger partial charge in [-0.15, -0.1) is 0 Å². The van der Waals surface area contributed by atoms with Crippen LogP contribution in [0.5, 0.6) is 0 Å². The Morgan fingerprint density at radius 1 is 1.50 bits per heavy atom. The van der Waals surface area contributed by atoms with Crippen LogP contribution in [-0.2, 0) is 4.74 Å². The number of rotatable bonds is 4. The topological polar surface area (TPSA) is 64.3 Å². The third kappa shape index (κ3) is 3.29. The molecule has 0 amide bonds. The van der Waals surface area contributed by atoms with Crippen LogP contribution in [0.1, 0.15) is 37.6 Å². The fourth-order valence-electron chi connectivity index (χ4n) is 1.45. The van der Waals surface area contributed by atoms with Gasteiger partial charge in [0.2, 0.25) is 0 Å². The highest BCUT2D eigenvalue weighted by Gasteiger charge is 2.22. The summed E-state index contributed by atoms with van der Waals surface area (Å²) in [5, 5.41) is 3.67. The molecule has 0 atom stereocenters. The first-order chi connectivity index (χ1) is 8.30. The van der Waals surface area contributed by atoms with Gasteiger partial charge in [-0.2, -0.15) is 0 Å². The van der Waals surface area contributed by atoms with Gasteiger partial charge in [0.15, 0.2) is 0 Å². The molecular weight excluding hydrogens is 252 g/mol. The lowest BCUT2D eigenvalue weighted by Gasteiger charge is -2.27. The first-order valence-electron chi connectivity index (χ1n) is 5.76. The number of nitrogen functional groups attached to an aromatic ring is 1. The average molecular weight is 271 g/mol. The lowest BCUT2D eigenvalue weighted by atomic mass is 10.0. The van der Waals surface area contributed by atoms with Gasteiger partial charge in [-0.05, 0) is 32.4 Å². The molecule has 0 saturated heterocycles. The van der Waals surface area contributed by atoms with Gasteiger partial charge in [0.1, 0.15) is 0 Å². The molecule has 0 aromatic heterocycles. The van der Waals surface area contributed by atoms with E-state index in [1.165, 1.54) is 7.11 Å². The fourth-order valence-corrected chi connectivity index (χ4v) is 1.73. The predicted molar refractivity (Wildman–Crippen MR) is 75.2 cm³/mol. The molecule has 0 bridgehead atoms. The van der Waals surface area contributed by atoms with Gasteiger partial charge < -0.3 is 15.8 Å². The number of nitrogens with one attached hydrogen (secondary N) is 1. The zero-order chi connectivity index (χ0) is 13.9. The highest BCUT2D eigenvalue weighted by Crippen LogP contribution is 2.32. The van der Waals surface area contributed by atoms with Gasteiger partial charge in [-0.3, -0.25) is 0 Å². The van der Waals surface area contributed by atoms with Crippen molar-refractivity contribution in [1.29, 1.82) is 0 Å². The molecule has 3 N–H and O–H groups in total. The Balaban J connectivity index is 3.28. The highest BCUT2D eigenvalue weighted by atomic mass is 35.5. The van der Waals surface area contributed by atoms with Gasteiger partial charge in [-0.1, -0.05) is 18.5 Å². The number of methoxy groups -OCH3 is 1. The summed E-state index contributed by atoms with van der Waals surface area (Å²) in [6.45, 7) is 6.11. The summed E-state index contributed by atoms with van der Waals surface area (Å²) in [5.41, 5.74) is 6.86. The monoisotopic (exact) mass is 270 g/mol. The molecule has 0 radical (unpaired) electrons. The minimum Gasteiger partial charge on any atom is -0.465 e. The number of esters is 1. The largest absolute Gasteiger partial charge is 0.465 e. The van der Waals surface area contributed by atoms with E-state index in [9.17, 15) is 4.79 Å². The second-order valence-corrected chi connectivity index (χ2v) is 5.19. The zero-order valence-electron chi connectivity index (χ0n) is 11.1. The fraction of sp³-hybridized carbons (Fsp3) is 0.462. The van der Waals surface area contributed by atoms with Crippen molar-refractivity contribution in [3.05, 3.63) is 22.7 Å². The number of nitrogens with two attached hydrogens (primary N) is 1. The number of ether oxygens (including phenoxy) is 1. The minimum absolute atomic E-state index is 0.178. The Labute approximate surface area is 112 Å². The standard InChI is InChI=1S/C13H19ClN2O2/c1-5-13(2,3)16-11-9(12(17)18-4)6-8(15)7-10(11)14/h6-7,16H,5,15H2,1-4H3. The number of hydrogen-bond acceptors (Lipinski definition) is 4. The van der Waals surface area contributed by atoms with E-state index >= 15 is 0 Å². The van der Waals surface area contributed by atoms with Crippen molar-refractivity contribution in [1.82, 2.24) is 0 Å². The molecule has 0 aliphatic heterocycles. The van der Waals surface area contributed by atoms with Crippen molar-refractivity contribution in [2.75, 3.05) is 18.2 Å². The van der Waals surface area contributed by atoms with E-state index in [0.717, 1.165) is 6.42 Å². The van der Waals surface area contributed by atoms with Crippen LogP contribution < -0.4 is 11.1 Å². The Bertz CT molecular complexity index is 459. The number of hydrogen-bond donors (Lipinski definition) is 2. The molecule has 0 saturated carbocycles. The van der Waals surface area contributed by atoms with E-state index in [0.29, 0.717) is 22.0 Å². The lowest BCUT2D eigenvalue weighted by Crippen LogP contribution is -2.31. The van der Waals surface area contributed by atoms with Crippen LogP contribution >= 0.6 is 11.6 Å². The first-order valence-corrected chi connectivity index (χ1v) is 6.14. The van der Waals surface area contributed by atoms with Crippen LogP contribution in [0.4, 0.5) is 11.4 Å². The maximum Gasteiger partial charge on any atom is 0.340 e. The summed E-state index contributed by atoms with van der Waals surface area (Å²) in [5.74, 6) is -0.460. The SMILES string of the molecule is CCC(C)(C)Nc1c(Cl)cc(N)cc1C(=O)OC. The zero-order valence-corrected chi connectivity index (χ0v) is 11.9. The third-order valence-electron chi connectivity index (χ3n) is 2.87. The number of benzene rings is 1. The third-order valence-corrected chi connectivity index (χ3v) is 3.16. The van der Waals surface area contributed by atoms with Crippen molar-refractivity contribution < 1.29 is 9.53 Å². The minimum atomic E-state index is -0.460. The van der Waals surface area contributed by atoms with Crippen LogP contribution in [-0.4, -0.2) is 18.6 Å². The van der Waals surface area contributed by atoms with Crippen molar-refractivity contribution in [2.45, 2.75) is 32.7 Å². The molecular formula is C13H19ClN2O2. The number of carbonyl (C=O) groups is 1. The van der Waals surface area contributed by atoms with Crippen LogP contribution in [0.15, 0.2) is 12.1 Å². The van der Waals surface area contributed by atoms with Gasteiger partial charge in [0.05, 0.1) is 23.4 Å². The second-order valence-electron chi connectivity index (χ2n) is 4.78. The summed E-state index contributed by atoms with van der Waals surface area (Å²) < 4.78 is 4.74. The van der Waals surface area contributed by atoms with Crippen LogP contribution in [0.3, 0.4) is 0 Å². The Kier molecular flexibility index (Phi) is 4.46. The van der Waals surface area contributed by atoms with E-state index in [2.05, 4.69) is 12.2 Å². The Morgan fingerprint density at radius 2 is 2.11 bits per heavy atom. The highest BCUT2D eigenvalue weighted by molar-refractivity contribution is 6.34. The summed E-state index contributed by atoms with van der Waals surface area (Å²) >= 11 is 6.15. The molecule has 4 nitrogen and oxygen atoms in total. The van der Waals surface area contributed by atoms with Gasteiger partial charge in [0, 0.05) is 11.2 Å². The molecule has 0 fully saturated rings. The summed E-state index contributed by atoms with van der Waals surface area (Å²) in [6, 6.07) is 3.17. The van der Waals surface area contributed by atoms with E-state index < -0.39 is 5.97 Å². The number of anilines is 2. The molecule has 0 aliphatic carbocycles. The summed E-state index contributed by atoms with van der Waals surface area (Å²) in [4.78, 5) is 11.7. The summed E-state index contributed by atoms with van der Waals surface area (Å²) in [6.07, 6.45) is 0.883. The van der Waals surface area contributed by atoms with Crippen molar-refractivity contribution in [3.63, 3.8) is 0 Å². The van der Waals surface area contributed by atoms with Crippen molar-refractivity contribution in [3.8, 4) is 0 Å². The lowest BCUT2D eigenvalue weighted by molar-refractivity contribution is 0.0602. The van der Waals surface area contributed by atoms with Gasteiger partial charge in [0.25, 0.3) is 0 Å². The Morgan fingerprint density at radius 3 is 2.61 bits per heavy atom. The predicted octanol–water partition coefficient (Wildman–Crippen LogP) is 3.31. The number of halogens is 1. The van der Waals surface area contributed by atoms with Crippen molar-refractivity contribution in [2.24, 2.45) is 0 Å². The van der Waals surface area contributed by atoms with Gasteiger partial charge >= 0.3 is 5.97 Å². The van der Waals surface area contributed by atoms with E-state index in [1.807, 2.05) is 13.8 Å². The van der Waals surface area contributed by atoms with E-state index in [-0.39, 0.29) is 5.54 Å². The quantitative estimate of drug-likeness (QED) is 0.651. The summed E-state index contributed by atoms with van der Waals surface area (Å²) in [7, 11) is 1.33. The van der Waals surface area contributed by atoms with E-state index in [4.69, 9.17) is 22.1 Å². The molecule has 1 aromatic rings. The Hall–Kier alpha value is -1.42. The van der Waals surface area contributed by atoms with Crippen LogP contribution in [0, 0.1) is 0 Å². The van der Waals surface area contributed by atoms with Crippen LogP contribution in [0.25, 0.3) is 0 Å². The molecule has 1 rings (SSSR count). The molecule has 5 heteroatoms. The molecule has 0 spiro atoms. The van der Waals surface area contributed by atoms with Crippen LogP contribution in [0.2, 0.25) is 5.02 Å². The molecule has 0 heterocycles. The average Bonchev–Trinajstić information content (AvgIpc) is 2.31. The number of carbonyl (C=O) groups excluding carboxylic acids is 1. The first kappa shape index (κ1) is 14.6.